The summed E-state index contributed by atoms with van der Waals surface area (Å²) in [6.07, 6.45) is 69.0. The number of hydrogen-bond acceptors (Lipinski definition) is 6. The van der Waals surface area contributed by atoms with Crippen molar-refractivity contribution in [2.75, 3.05) is 40.9 Å². The molecule has 3 unspecified atom stereocenters. The number of allylic oxidation sites excluding steroid dienone is 14. The highest BCUT2D eigenvalue weighted by molar-refractivity contribution is 7.45. The maximum absolute atomic E-state index is 12.9. The number of hydrogen-bond donors (Lipinski definition) is 2. The fourth-order valence-corrected chi connectivity index (χ4v) is 8.51. The van der Waals surface area contributed by atoms with Crippen molar-refractivity contribution in [3.05, 3.63) is 85.1 Å². The van der Waals surface area contributed by atoms with Gasteiger partial charge in [-0.3, -0.25) is 9.36 Å². The van der Waals surface area contributed by atoms with E-state index in [0.717, 1.165) is 83.5 Å². The van der Waals surface area contributed by atoms with Gasteiger partial charge in [0.1, 0.15) is 13.2 Å². The summed E-state index contributed by atoms with van der Waals surface area (Å²) in [5, 5.41) is 13.9. The van der Waals surface area contributed by atoms with Crippen LogP contribution in [0.2, 0.25) is 0 Å². The molecule has 2 N–H and O–H groups in total. The average molecular weight is 971 g/mol. The van der Waals surface area contributed by atoms with Gasteiger partial charge in [-0.25, -0.2) is 0 Å². The lowest BCUT2D eigenvalue weighted by Crippen LogP contribution is -2.46. The first kappa shape index (κ1) is 65.7. The molecule has 1 amide bonds. The molecule has 68 heavy (non-hydrogen) atoms. The van der Waals surface area contributed by atoms with E-state index in [2.05, 4.69) is 104 Å². The Morgan fingerprint density at radius 2 is 0.897 bits per heavy atom. The van der Waals surface area contributed by atoms with Gasteiger partial charge in [-0.1, -0.05) is 240 Å². The topological polar surface area (TPSA) is 108 Å². The molecule has 0 radical (unpaired) electrons. The van der Waals surface area contributed by atoms with Crippen molar-refractivity contribution in [3.8, 4) is 0 Å². The number of unbranched alkanes of at least 4 members (excludes halogenated alkanes) is 23. The van der Waals surface area contributed by atoms with Crippen LogP contribution in [-0.4, -0.2) is 68.5 Å². The second-order valence-electron chi connectivity index (χ2n) is 19.9. The standard InChI is InChI=1S/C59H107N2O6P/c1-6-8-10-12-14-16-18-19-20-21-22-23-24-25-26-27-28-29-30-31-32-33-34-35-36-37-38-39-40-41-43-45-47-49-51-53-59(63)60-57(56-67-68(64,65)66-55-54-61(3,4)5)58(62)52-50-48-46-44-42-17-15-13-11-9-7-2/h8,10,14,16,19-20,22-23,25-26,28-29,31-32,57-58,62H,6-7,9,11-13,15,17-18,21,24,27,30,33-56H2,1-5H3,(H-,60,63,64,65)/b10-8-,16-14-,20-19-,23-22-,26-25-,29-28-,32-31-. The van der Waals surface area contributed by atoms with Crippen molar-refractivity contribution in [2.45, 2.75) is 244 Å². The highest BCUT2D eigenvalue weighted by Crippen LogP contribution is 2.38. The van der Waals surface area contributed by atoms with Crippen LogP contribution >= 0.6 is 7.82 Å². The van der Waals surface area contributed by atoms with Crippen LogP contribution in [0.1, 0.15) is 232 Å². The Morgan fingerprint density at radius 1 is 0.529 bits per heavy atom. The maximum Gasteiger partial charge on any atom is 0.268 e. The number of aliphatic hydroxyl groups excluding tert-OH is 1. The Hall–Kier alpha value is -2.32. The third kappa shape index (κ3) is 51.5. The number of rotatable bonds is 50. The first-order chi connectivity index (χ1) is 33.0. The minimum Gasteiger partial charge on any atom is -0.756 e. The first-order valence-corrected chi connectivity index (χ1v) is 29.4. The van der Waals surface area contributed by atoms with Gasteiger partial charge in [-0.2, -0.15) is 0 Å². The predicted molar refractivity (Wildman–Crippen MR) is 293 cm³/mol. The fourth-order valence-electron chi connectivity index (χ4n) is 7.79. The minimum atomic E-state index is -4.57. The van der Waals surface area contributed by atoms with Crippen LogP contribution < -0.4 is 10.2 Å². The lowest BCUT2D eigenvalue weighted by Gasteiger charge is -2.30. The Kier molecular flexibility index (Phi) is 48.0. The van der Waals surface area contributed by atoms with E-state index in [1.165, 1.54) is 122 Å². The summed E-state index contributed by atoms with van der Waals surface area (Å²) in [6, 6.07) is -0.804. The second-order valence-corrected chi connectivity index (χ2v) is 21.3. The zero-order valence-corrected chi connectivity index (χ0v) is 45.7. The van der Waals surface area contributed by atoms with Crippen LogP contribution in [0.5, 0.6) is 0 Å². The number of carbonyl (C=O) groups excluding carboxylic acids is 1. The molecule has 0 aromatic heterocycles. The van der Waals surface area contributed by atoms with Crippen molar-refractivity contribution in [1.82, 2.24) is 5.32 Å². The normalized spacial score (nSPS) is 14.6. The monoisotopic (exact) mass is 971 g/mol. The van der Waals surface area contributed by atoms with Gasteiger partial charge in [0, 0.05) is 6.42 Å². The lowest BCUT2D eigenvalue weighted by atomic mass is 10.0. The molecule has 394 valence electrons. The minimum absolute atomic E-state index is 0.00931. The predicted octanol–water partition coefficient (Wildman–Crippen LogP) is 16.2. The molecule has 0 aliphatic rings. The summed E-state index contributed by atoms with van der Waals surface area (Å²) in [4.78, 5) is 25.4. The van der Waals surface area contributed by atoms with Gasteiger partial charge in [0.25, 0.3) is 7.82 Å². The van der Waals surface area contributed by atoms with Crippen molar-refractivity contribution in [3.63, 3.8) is 0 Å². The van der Waals surface area contributed by atoms with E-state index in [1.807, 2.05) is 21.1 Å². The molecule has 3 atom stereocenters. The number of quaternary nitrogens is 1. The van der Waals surface area contributed by atoms with Gasteiger partial charge in [0.05, 0.1) is 39.9 Å². The number of phosphoric acid groups is 1. The third-order valence-corrected chi connectivity index (χ3v) is 13.1. The highest BCUT2D eigenvalue weighted by Gasteiger charge is 2.24. The van der Waals surface area contributed by atoms with Gasteiger partial charge in [-0.05, 0) is 70.6 Å². The van der Waals surface area contributed by atoms with E-state index >= 15 is 0 Å². The van der Waals surface area contributed by atoms with Crippen LogP contribution in [0.15, 0.2) is 85.1 Å². The molecule has 0 aliphatic heterocycles. The van der Waals surface area contributed by atoms with Gasteiger partial charge in [0.15, 0.2) is 0 Å². The number of nitrogens with zero attached hydrogens (tertiary/aromatic N) is 1. The van der Waals surface area contributed by atoms with Gasteiger partial charge in [-0.15, -0.1) is 0 Å². The molecule has 0 aromatic rings. The summed E-state index contributed by atoms with van der Waals surface area (Å²) in [6.45, 7) is 4.59. The average Bonchev–Trinajstić information content (AvgIpc) is 3.30. The van der Waals surface area contributed by atoms with Crippen molar-refractivity contribution in [2.24, 2.45) is 0 Å². The van der Waals surface area contributed by atoms with Gasteiger partial charge < -0.3 is 28.8 Å². The number of likely N-dealkylation sites (N-methyl/N-ethyl adjacent to an activating group) is 1. The van der Waals surface area contributed by atoms with E-state index in [-0.39, 0.29) is 19.1 Å². The quantitative estimate of drug-likeness (QED) is 0.0272. The number of nitrogens with one attached hydrogen (secondary N) is 1. The van der Waals surface area contributed by atoms with E-state index in [0.29, 0.717) is 23.9 Å². The number of amides is 1. The first-order valence-electron chi connectivity index (χ1n) is 27.9. The van der Waals surface area contributed by atoms with E-state index in [9.17, 15) is 19.4 Å². The zero-order valence-electron chi connectivity index (χ0n) is 44.8. The van der Waals surface area contributed by atoms with Crippen LogP contribution in [0.25, 0.3) is 0 Å². The smallest absolute Gasteiger partial charge is 0.268 e. The molecule has 9 heteroatoms. The maximum atomic E-state index is 12.9. The molecule has 0 spiro atoms. The van der Waals surface area contributed by atoms with Crippen LogP contribution in [-0.2, 0) is 18.4 Å². The molecule has 0 saturated heterocycles. The Balaban J connectivity index is 4.02. The molecule has 0 aromatic carbocycles. The van der Waals surface area contributed by atoms with Crippen LogP contribution in [0, 0.1) is 0 Å². The number of carbonyl (C=O) groups is 1. The molecule has 0 rings (SSSR count). The van der Waals surface area contributed by atoms with Crippen LogP contribution in [0.4, 0.5) is 0 Å². The largest absolute Gasteiger partial charge is 0.756 e. The van der Waals surface area contributed by atoms with E-state index < -0.39 is 20.0 Å². The summed E-state index contributed by atoms with van der Waals surface area (Å²) in [7, 11) is 1.30. The van der Waals surface area contributed by atoms with Crippen molar-refractivity contribution < 1.29 is 32.9 Å². The third-order valence-electron chi connectivity index (χ3n) is 12.1. The molecule has 0 bridgehead atoms. The second kappa shape index (κ2) is 49.7. The Bertz CT molecular complexity index is 1380. The lowest BCUT2D eigenvalue weighted by molar-refractivity contribution is -0.870. The molecule has 0 heterocycles. The summed E-state index contributed by atoms with van der Waals surface area (Å²) in [5.41, 5.74) is 0. The molecular weight excluding hydrogens is 864 g/mol. The fraction of sp³-hybridized carbons (Fsp3) is 0.746. The molecule has 8 nitrogen and oxygen atoms in total. The van der Waals surface area contributed by atoms with E-state index in [1.54, 1.807) is 0 Å². The molecule has 0 fully saturated rings. The molecule has 0 aliphatic carbocycles. The summed E-state index contributed by atoms with van der Waals surface area (Å²) in [5.74, 6) is -0.170. The number of aliphatic hydroxyl groups is 1. The highest BCUT2D eigenvalue weighted by atomic mass is 31.2. The zero-order chi connectivity index (χ0) is 49.9. The van der Waals surface area contributed by atoms with Gasteiger partial charge >= 0.3 is 0 Å². The number of phosphoric ester groups is 1. The van der Waals surface area contributed by atoms with Crippen molar-refractivity contribution in [1.29, 1.82) is 0 Å². The van der Waals surface area contributed by atoms with Crippen molar-refractivity contribution >= 4 is 13.7 Å². The summed E-state index contributed by atoms with van der Waals surface area (Å²) >= 11 is 0. The Morgan fingerprint density at radius 3 is 1.31 bits per heavy atom. The van der Waals surface area contributed by atoms with E-state index in [4.69, 9.17) is 9.05 Å². The SMILES string of the molecule is CC/C=C\C/C=C\C/C=C\C/C=C\C/C=C\C/C=C\C/C=C\CCCCCCCCCCCCCCCC(=O)NC(COP(=O)([O-])OCC[N+](C)(C)C)C(O)CCCCCCCCCCCCC. The van der Waals surface area contributed by atoms with Gasteiger partial charge in [0.2, 0.25) is 5.91 Å². The summed E-state index contributed by atoms with van der Waals surface area (Å²) < 4.78 is 23.3. The molecular formula is C59H107N2O6P. The molecule has 0 saturated carbocycles. The van der Waals surface area contributed by atoms with Crippen LogP contribution in [0.3, 0.4) is 0 Å². The Labute approximate surface area is 420 Å².